The van der Waals surface area contributed by atoms with Crippen molar-refractivity contribution in [1.29, 1.82) is 0 Å². The Bertz CT molecular complexity index is 505. The lowest BCUT2D eigenvalue weighted by Gasteiger charge is -2.17. The van der Waals surface area contributed by atoms with Gasteiger partial charge in [0.05, 0.1) is 21.8 Å². The second kappa shape index (κ2) is 6.22. The van der Waals surface area contributed by atoms with Gasteiger partial charge in [0.25, 0.3) is 0 Å². The number of aromatic nitrogens is 1. The number of hydrogen-bond acceptors (Lipinski definition) is 4. The molecule has 0 fully saturated rings. The highest BCUT2D eigenvalue weighted by Crippen LogP contribution is 2.28. The van der Waals surface area contributed by atoms with Crippen molar-refractivity contribution < 1.29 is 9.52 Å². The number of rotatable bonds is 5. The molecule has 4 nitrogen and oxygen atoms in total. The maximum absolute atomic E-state index is 9.09. The molecule has 0 spiro atoms. The smallest absolute Gasteiger partial charge is 0.140 e. The van der Waals surface area contributed by atoms with E-state index in [0.29, 0.717) is 17.3 Å². The lowest BCUT2D eigenvalue weighted by Crippen LogP contribution is -2.13. The predicted molar refractivity (Wildman–Crippen MR) is 73.7 cm³/mol. The van der Waals surface area contributed by atoms with Crippen molar-refractivity contribution in [2.45, 2.75) is 12.5 Å². The fourth-order valence-corrected chi connectivity index (χ4v) is 2.34. The molecule has 0 aliphatic heterocycles. The first-order valence-electron chi connectivity index (χ1n) is 5.42. The number of furan rings is 1. The van der Waals surface area contributed by atoms with Crippen LogP contribution in [0.4, 0.5) is 5.82 Å². The van der Waals surface area contributed by atoms with Crippen molar-refractivity contribution in [1.82, 2.24) is 4.98 Å². The third-order valence-corrected chi connectivity index (χ3v) is 3.23. The van der Waals surface area contributed by atoms with Gasteiger partial charge in [-0.15, -0.1) is 0 Å². The Balaban J connectivity index is 2.18. The van der Waals surface area contributed by atoms with Crippen LogP contribution in [0.5, 0.6) is 0 Å². The Kier molecular flexibility index (Phi) is 4.63. The van der Waals surface area contributed by atoms with Crippen molar-refractivity contribution in [3.63, 3.8) is 0 Å². The largest absolute Gasteiger partial charge is 0.467 e. The minimum Gasteiger partial charge on any atom is -0.467 e. The van der Waals surface area contributed by atoms with Crippen LogP contribution in [0.3, 0.4) is 0 Å². The normalized spacial score (nSPS) is 12.4. The van der Waals surface area contributed by atoms with Crippen LogP contribution in [0, 0.1) is 0 Å². The van der Waals surface area contributed by atoms with Crippen LogP contribution in [-0.2, 0) is 0 Å². The van der Waals surface area contributed by atoms with E-state index in [-0.39, 0.29) is 12.6 Å². The Labute approximate surface area is 118 Å². The maximum atomic E-state index is 9.09. The van der Waals surface area contributed by atoms with Gasteiger partial charge in [0.15, 0.2) is 0 Å². The van der Waals surface area contributed by atoms with Crippen molar-refractivity contribution >= 4 is 33.3 Å². The number of aliphatic hydroxyl groups excluding tert-OH is 1. The molecule has 1 atom stereocenters. The summed E-state index contributed by atoms with van der Waals surface area (Å²) in [6.07, 6.45) is 3.70. The van der Waals surface area contributed by atoms with Gasteiger partial charge in [-0.05, 0) is 40.5 Å². The fraction of sp³-hybridized carbons (Fsp3) is 0.250. The summed E-state index contributed by atoms with van der Waals surface area (Å²) in [5, 5.41) is 12.9. The third kappa shape index (κ3) is 3.25. The molecule has 18 heavy (non-hydrogen) atoms. The average molecular weight is 332 g/mol. The minimum absolute atomic E-state index is 0.0591. The van der Waals surface area contributed by atoms with Crippen LogP contribution in [0.15, 0.2) is 39.5 Å². The first-order chi connectivity index (χ1) is 8.70. The molecule has 0 unspecified atom stereocenters. The first-order valence-corrected chi connectivity index (χ1v) is 6.59. The molecule has 0 bridgehead atoms. The van der Waals surface area contributed by atoms with Gasteiger partial charge in [0, 0.05) is 12.8 Å². The zero-order valence-electron chi connectivity index (χ0n) is 9.44. The van der Waals surface area contributed by atoms with Gasteiger partial charge < -0.3 is 14.8 Å². The summed E-state index contributed by atoms with van der Waals surface area (Å²) in [4.78, 5) is 4.20. The lowest BCUT2D eigenvalue weighted by atomic mass is 10.1. The number of hydrogen-bond donors (Lipinski definition) is 2. The molecule has 96 valence electrons. The van der Waals surface area contributed by atoms with Gasteiger partial charge in [0.2, 0.25) is 0 Å². The molecule has 0 aromatic carbocycles. The van der Waals surface area contributed by atoms with E-state index in [1.54, 1.807) is 18.5 Å². The number of anilines is 1. The van der Waals surface area contributed by atoms with Gasteiger partial charge in [0.1, 0.15) is 11.6 Å². The SMILES string of the molecule is OCC[C@@H](Nc1ncc(Cl)cc1Br)c1ccco1. The van der Waals surface area contributed by atoms with Crippen molar-refractivity contribution in [3.05, 3.63) is 45.9 Å². The minimum atomic E-state index is -0.130. The standard InChI is InChI=1S/C12H12BrClN2O2/c13-9-6-8(14)7-15-12(9)16-10(3-4-17)11-2-1-5-18-11/h1-2,5-7,10,17H,3-4H2,(H,15,16)/t10-/m1/s1. The van der Waals surface area contributed by atoms with Crippen LogP contribution < -0.4 is 5.32 Å². The van der Waals surface area contributed by atoms with Crippen molar-refractivity contribution in [2.75, 3.05) is 11.9 Å². The van der Waals surface area contributed by atoms with Crippen LogP contribution in [0.25, 0.3) is 0 Å². The van der Waals surface area contributed by atoms with Crippen LogP contribution >= 0.6 is 27.5 Å². The molecular formula is C12H12BrClN2O2. The summed E-state index contributed by atoms with van der Waals surface area (Å²) in [5.74, 6) is 1.42. The molecule has 0 saturated heterocycles. The zero-order chi connectivity index (χ0) is 13.0. The van der Waals surface area contributed by atoms with Gasteiger partial charge in [-0.1, -0.05) is 11.6 Å². The summed E-state index contributed by atoms with van der Waals surface area (Å²) in [7, 11) is 0. The Morgan fingerprint density at radius 3 is 3.00 bits per heavy atom. The lowest BCUT2D eigenvalue weighted by molar-refractivity contribution is 0.273. The second-order valence-corrected chi connectivity index (χ2v) is 5.00. The number of nitrogens with zero attached hydrogens (tertiary/aromatic N) is 1. The Morgan fingerprint density at radius 2 is 2.39 bits per heavy atom. The van der Waals surface area contributed by atoms with Crippen LogP contribution in [0.1, 0.15) is 18.2 Å². The second-order valence-electron chi connectivity index (χ2n) is 3.71. The predicted octanol–water partition coefficient (Wildman–Crippen LogP) is 3.63. The fourth-order valence-electron chi connectivity index (χ4n) is 1.59. The first kappa shape index (κ1) is 13.4. The molecule has 0 aliphatic rings. The molecular weight excluding hydrogens is 320 g/mol. The summed E-state index contributed by atoms with van der Waals surface area (Å²) in [6, 6.07) is 5.30. The number of aliphatic hydroxyl groups is 1. The molecule has 0 radical (unpaired) electrons. The highest BCUT2D eigenvalue weighted by molar-refractivity contribution is 9.10. The molecule has 0 amide bonds. The van der Waals surface area contributed by atoms with Crippen LogP contribution in [-0.4, -0.2) is 16.7 Å². The molecule has 2 rings (SSSR count). The van der Waals surface area contributed by atoms with E-state index >= 15 is 0 Å². The molecule has 0 saturated carbocycles. The average Bonchev–Trinajstić information content (AvgIpc) is 2.85. The van der Waals surface area contributed by atoms with E-state index < -0.39 is 0 Å². The number of pyridine rings is 1. The van der Waals surface area contributed by atoms with Gasteiger partial charge in [-0.25, -0.2) is 4.98 Å². The topological polar surface area (TPSA) is 58.3 Å². The molecule has 2 aromatic heterocycles. The number of nitrogens with one attached hydrogen (secondary N) is 1. The van der Waals surface area contributed by atoms with E-state index in [1.165, 1.54) is 0 Å². The van der Waals surface area contributed by atoms with E-state index in [2.05, 4.69) is 26.2 Å². The summed E-state index contributed by atoms with van der Waals surface area (Å²) in [5.41, 5.74) is 0. The molecule has 2 N–H and O–H groups in total. The van der Waals surface area contributed by atoms with Crippen LogP contribution in [0.2, 0.25) is 5.02 Å². The highest BCUT2D eigenvalue weighted by atomic mass is 79.9. The summed E-state index contributed by atoms with van der Waals surface area (Å²) >= 11 is 9.22. The highest BCUT2D eigenvalue weighted by Gasteiger charge is 2.15. The zero-order valence-corrected chi connectivity index (χ0v) is 11.8. The van der Waals surface area contributed by atoms with Gasteiger partial charge in [-0.2, -0.15) is 0 Å². The maximum Gasteiger partial charge on any atom is 0.140 e. The molecule has 0 aliphatic carbocycles. The quantitative estimate of drug-likeness (QED) is 0.878. The third-order valence-electron chi connectivity index (χ3n) is 2.42. The van der Waals surface area contributed by atoms with E-state index in [1.807, 2.05) is 12.1 Å². The molecule has 2 aromatic rings. The Hall–Kier alpha value is -1.04. The van der Waals surface area contributed by atoms with Crippen molar-refractivity contribution in [2.24, 2.45) is 0 Å². The molecule has 6 heteroatoms. The van der Waals surface area contributed by atoms with E-state index in [9.17, 15) is 0 Å². The van der Waals surface area contributed by atoms with E-state index in [0.717, 1.165) is 10.2 Å². The monoisotopic (exact) mass is 330 g/mol. The Morgan fingerprint density at radius 1 is 1.56 bits per heavy atom. The van der Waals surface area contributed by atoms with E-state index in [4.69, 9.17) is 21.1 Å². The number of halogens is 2. The molecule has 2 heterocycles. The van der Waals surface area contributed by atoms with Gasteiger partial charge >= 0.3 is 0 Å². The summed E-state index contributed by atoms with van der Waals surface area (Å²) < 4.78 is 6.11. The van der Waals surface area contributed by atoms with Gasteiger partial charge in [-0.3, -0.25) is 0 Å². The van der Waals surface area contributed by atoms with Crippen molar-refractivity contribution in [3.8, 4) is 0 Å². The summed E-state index contributed by atoms with van der Waals surface area (Å²) in [6.45, 7) is 0.0591.